The van der Waals surface area contributed by atoms with E-state index in [1.807, 2.05) is 0 Å². The van der Waals surface area contributed by atoms with Crippen molar-refractivity contribution < 1.29 is 31.6 Å². The van der Waals surface area contributed by atoms with Crippen molar-refractivity contribution in [3.05, 3.63) is 64.8 Å². The van der Waals surface area contributed by atoms with E-state index in [1.165, 1.54) is 41.3 Å². The van der Waals surface area contributed by atoms with Crippen LogP contribution in [0.1, 0.15) is 30.3 Å². The van der Waals surface area contributed by atoms with Gasteiger partial charge >= 0.3 is 6.36 Å². The third-order valence-electron chi connectivity index (χ3n) is 4.74. The summed E-state index contributed by atoms with van der Waals surface area (Å²) in [5.74, 6) is -0.789. The Hall–Kier alpha value is -3.14. The Kier molecular flexibility index (Phi) is 5.57. The predicted molar refractivity (Wildman–Crippen MR) is 100 cm³/mol. The summed E-state index contributed by atoms with van der Waals surface area (Å²) < 4.78 is 59.8. The lowest BCUT2D eigenvalue weighted by atomic mass is 10.1. The number of benzene rings is 2. The lowest BCUT2D eigenvalue weighted by Gasteiger charge is -2.22. The van der Waals surface area contributed by atoms with Crippen molar-refractivity contribution in [1.82, 2.24) is 15.0 Å². The molecule has 1 aliphatic rings. The summed E-state index contributed by atoms with van der Waals surface area (Å²) in [6, 6.07) is 8.84. The van der Waals surface area contributed by atoms with Gasteiger partial charge in [-0.05, 0) is 42.3 Å². The van der Waals surface area contributed by atoms with Gasteiger partial charge in [0, 0.05) is 18.5 Å². The van der Waals surface area contributed by atoms with Crippen molar-refractivity contribution in [2.45, 2.75) is 31.8 Å². The maximum Gasteiger partial charge on any atom is 0.573 e. The minimum Gasteiger partial charge on any atom is -0.406 e. The van der Waals surface area contributed by atoms with Crippen LogP contribution in [0.4, 0.5) is 17.6 Å². The maximum atomic E-state index is 13.7. The highest BCUT2D eigenvalue weighted by Gasteiger charge is 2.36. The van der Waals surface area contributed by atoms with Crippen LogP contribution in [0, 0.1) is 5.82 Å². The topological polar surface area (TPSA) is 68.5 Å². The second-order valence-corrected chi connectivity index (χ2v) is 7.26. The van der Waals surface area contributed by atoms with E-state index in [2.05, 4.69) is 14.9 Å². The van der Waals surface area contributed by atoms with Gasteiger partial charge in [-0.25, -0.2) is 4.39 Å². The number of hydrogen-bond acceptors (Lipinski definition) is 5. The molecule has 6 nitrogen and oxygen atoms in total. The molecule has 2 heterocycles. The molecule has 0 radical (unpaired) electrons. The molecule has 162 valence electrons. The molecule has 1 fully saturated rings. The molecule has 0 aliphatic carbocycles. The van der Waals surface area contributed by atoms with Gasteiger partial charge in [-0.3, -0.25) is 4.79 Å². The minimum atomic E-state index is -4.78. The predicted octanol–water partition coefficient (Wildman–Crippen LogP) is 5.29. The van der Waals surface area contributed by atoms with E-state index in [0.717, 1.165) is 0 Å². The summed E-state index contributed by atoms with van der Waals surface area (Å²) in [5, 5.41) is 3.82. The highest BCUT2D eigenvalue weighted by Crippen LogP contribution is 2.35. The van der Waals surface area contributed by atoms with Gasteiger partial charge in [0.15, 0.2) is 0 Å². The number of carbonyl (C=O) groups excluding carboxylic acids is 1. The number of hydrogen-bond donors (Lipinski definition) is 0. The van der Waals surface area contributed by atoms with Crippen LogP contribution in [0.3, 0.4) is 0 Å². The monoisotopic (exact) mass is 455 g/mol. The lowest BCUT2D eigenvalue weighted by Crippen LogP contribution is -2.27. The van der Waals surface area contributed by atoms with Crippen molar-refractivity contribution >= 4 is 17.5 Å². The van der Waals surface area contributed by atoms with Crippen molar-refractivity contribution in [3.8, 4) is 17.1 Å². The van der Waals surface area contributed by atoms with Crippen LogP contribution >= 0.6 is 11.6 Å². The normalized spacial score (nSPS) is 16.7. The van der Waals surface area contributed by atoms with Gasteiger partial charge < -0.3 is 14.2 Å². The molecular formula is C20H14ClF4N3O3. The highest BCUT2D eigenvalue weighted by atomic mass is 35.5. The summed E-state index contributed by atoms with van der Waals surface area (Å²) >= 11 is 5.68. The smallest absolute Gasteiger partial charge is 0.406 e. The summed E-state index contributed by atoms with van der Waals surface area (Å²) in [7, 11) is 0. The summed E-state index contributed by atoms with van der Waals surface area (Å²) in [6.07, 6.45) is -4.09. The number of amides is 1. The fraction of sp³-hybridized carbons (Fsp3) is 0.250. The number of likely N-dealkylation sites (tertiary alicyclic amines) is 1. The van der Waals surface area contributed by atoms with E-state index in [4.69, 9.17) is 16.1 Å². The Labute approximate surface area is 178 Å². The summed E-state index contributed by atoms with van der Waals surface area (Å²) in [4.78, 5) is 18.2. The second kappa shape index (κ2) is 8.18. The molecule has 31 heavy (non-hydrogen) atoms. The molecule has 1 atom stereocenters. The molecule has 11 heteroatoms. The van der Waals surface area contributed by atoms with Crippen LogP contribution in [0.2, 0.25) is 5.02 Å². The van der Waals surface area contributed by atoms with Crippen LogP contribution in [0.25, 0.3) is 11.4 Å². The molecule has 1 unspecified atom stereocenters. The van der Waals surface area contributed by atoms with Gasteiger partial charge in [0.05, 0.1) is 5.02 Å². The molecule has 1 saturated heterocycles. The van der Waals surface area contributed by atoms with Crippen molar-refractivity contribution in [2.24, 2.45) is 0 Å². The summed E-state index contributed by atoms with van der Waals surface area (Å²) in [5.41, 5.74) is 0.974. The van der Waals surface area contributed by atoms with Crippen molar-refractivity contribution in [1.29, 1.82) is 0 Å². The van der Waals surface area contributed by atoms with Crippen LogP contribution in [-0.2, 0) is 11.3 Å². The zero-order valence-corrected chi connectivity index (χ0v) is 16.5. The SMILES string of the molecule is O=C1CCC(c2nc(-c3ccc(Cl)c(F)c3)no2)N1Cc1ccc(OC(F)(F)F)cc1. The van der Waals surface area contributed by atoms with Crippen molar-refractivity contribution in [2.75, 3.05) is 0 Å². The maximum absolute atomic E-state index is 13.7. The molecule has 0 saturated carbocycles. The van der Waals surface area contributed by atoms with E-state index in [1.54, 1.807) is 6.07 Å². The molecule has 0 N–H and O–H groups in total. The van der Waals surface area contributed by atoms with Gasteiger partial charge in [-0.1, -0.05) is 28.9 Å². The number of carbonyl (C=O) groups is 1. The van der Waals surface area contributed by atoms with Gasteiger partial charge in [0.2, 0.25) is 17.6 Å². The molecular weight excluding hydrogens is 442 g/mol. The zero-order valence-electron chi connectivity index (χ0n) is 15.7. The Bertz CT molecular complexity index is 1100. The molecule has 3 aromatic rings. The van der Waals surface area contributed by atoms with Crippen LogP contribution < -0.4 is 4.74 Å². The quantitative estimate of drug-likeness (QED) is 0.489. The third kappa shape index (κ3) is 4.79. The van der Waals surface area contributed by atoms with E-state index in [-0.39, 0.29) is 41.4 Å². The minimum absolute atomic E-state index is 0.0355. The second-order valence-electron chi connectivity index (χ2n) is 6.85. The Balaban J connectivity index is 1.51. The fourth-order valence-corrected chi connectivity index (χ4v) is 3.42. The first-order valence-electron chi connectivity index (χ1n) is 9.13. The number of nitrogens with zero attached hydrogens (tertiary/aromatic N) is 3. The number of alkyl halides is 3. The first-order chi connectivity index (χ1) is 14.7. The highest BCUT2D eigenvalue weighted by molar-refractivity contribution is 6.30. The van der Waals surface area contributed by atoms with Crippen LogP contribution in [-0.4, -0.2) is 27.3 Å². The molecule has 1 aliphatic heterocycles. The van der Waals surface area contributed by atoms with E-state index in [9.17, 15) is 22.4 Å². The third-order valence-corrected chi connectivity index (χ3v) is 5.05. The fourth-order valence-electron chi connectivity index (χ4n) is 3.30. The molecule has 4 rings (SSSR count). The lowest BCUT2D eigenvalue weighted by molar-refractivity contribution is -0.274. The van der Waals surface area contributed by atoms with Crippen molar-refractivity contribution in [3.63, 3.8) is 0 Å². The van der Waals surface area contributed by atoms with Gasteiger partial charge in [-0.15, -0.1) is 13.2 Å². The average molecular weight is 456 g/mol. The number of aromatic nitrogens is 2. The average Bonchev–Trinajstić information content (AvgIpc) is 3.32. The van der Waals surface area contributed by atoms with E-state index in [0.29, 0.717) is 17.5 Å². The first kappa shape index (κ1) is 21.1. The van der Waals surface area contributed by atoms with Gasteiger partial charge in [0.25, 0.3) is 0 Å². The van der Waals surface area contributed by atoms with Crippen LogP contribution in [0.5, 0.6) is 5.75 Å². The Morgan fingerprint density at radius 2 is 1.94 bits per heavy atom. The van der Waals surface area contributed by atoms with Crippen LogP contribution in [0.15, 0.2) is 47.0 Å². The van der Waals surface area contributed by atoms with E-state index >= 15 is 0 Å². The Morgan fingerprint density at radius 3 is 2.61 bits per heavy atom. The van der Waals surface area contributed by atoms with E-state index < -0.39 is 18.2 Å². The molecule has 0 spiro atoms. The molecule has 1 amide bonds. The van der Waals surface area contributed by atoms with Gasteiger partial charge in [0.1, 0.15) is 17.6 Å². The standard InChI is InChI=1S/C20H14ClF4N3O3/c21-14-6-3-12(9-15(14)22)18-26-19(31-27-18)16-7-8-17(29)28(16)10-11-1-4-13(5-2-11)30-20(23,24)25/h1-6,9,16H,7-8,10H2. The molecule has 0 bridgehead atoms. The number of halogens is 5. The molecule has 1 aromatic heterocycles. The first-order valence-corrected chi connectivity index (χ1v) is 9.50. The number of rotatable bonds is 5. The van der Waals surface area contributed by atoms with Gasteiger partial charge in [-0.2, -0.15) is 4.98 Å². The zero-order chi connectivity index (χ0) is 22.2. The Morgan fingerprint density at radius 1 is 1.19 bits per heavy atom. The molecule has 2 aromatic carbocycles. The summed E-state index contributed by atoms with van der Waals surface area (Å²) in [6.45, 7) is 0.142. The number of ether oxygens (including phenoxy) is 1. The largest absolute Gasteiger partial charge is 0.573 e.